The molecule has 1 N–H and O–H groups in total. The highest BCUT2D eigenvalue weighted by Crippen LogP contribution is 2.26. The Bertz CT molecular complexity index is 365. The second-order valence-corrected chi connectivity index (χ2v) is 5.22. The molecule has 1 aliphatic heterocycles. The zero-order chi connectivity index (χ0) is 11.8. The third-order valence-corrected chi connectivity index (χ3v) is 2.90. The van der Waals surface area contributed by atoms with Crippen molar-refractivity contribution in [3.05, 3.63) is 5.89 Å². The van der Waals surface area contributed by atoms with E-state index in [0.29, 0.717) is 18.5 Å². The van der Waals surface area contributed by atoms with E-state index in [-0.39, 0.29) is 5.38 Å². The summed E-state index contributed by atoms with van der Waals surface area (Å²) in [5, 5.41) is 17.5. The molecule has 1 aromatic heterocycles. The van der Waals surface area contributed by atoms with Gasteiger partial charge in [-0.1, -0.05) is 5.10 Å². The second-order valence-electron chi connectivity index (χ2n) is 4.56. The van der Waals surface area contributed by atoms with Crippen LogP contribution < -0.4 is 4.90 Å². The molecule has 2 atom stereocenters. The minimum absolute atomic E-state index is 0.286. The van der Waals surface area contributed by atoms with Crippen molar-refractivity contribution in [1.29, 1.82) is 0 Å². The summed E-state index contributed by atoms with van der Waals surface area (Å²) < 4.78 is 5.44. The first kappa shape index (κ1) is 11.7. The van der Waals surface area contributed by atoms with E-state index in [1.54, 1.807) is 6.92 Å². The molecule has 0 radical (unpaired) electrons. The highest BCUT2D eigenvalue weighted by molar-refractivity contribution is 6.20. The normalized spacial score (nSPS) is 28.1. The van der Waals surface area contributed by atoms with Gasteiger partial charge < -0.3 is 14.4 Å². The van der Waals surface area contributed by atoms with Crippen molar-refractivity contribution >= 4 is 17.6 Å². The van der Waals surface area contributed by atoms with Gasteiger partial charge in [0, 0.05) is 6.54 Å². The molecule has 5 nitrogen and oxygen atoms in total. The Morgan fingerprint density at radius 1 is 1.56 bits per heavy atom. The van der Waals surface area contributed by atoms with E-state index in [0.717, 1.165) is 19.4 Å². The first-order valence-corrected chi connectivity index (χ1v) is 5.86. The van der Waals surface area contributed by atoms with Crippen LogP contribution >= 0.6 is 11.6 Å². The molecule has 1 fully saturated rings. The quantitative estimate of drug-likeness (QED) is 0.804. The zero-order valence-corrected chi connectivity index (χ0v) is 10.2. The number of aromatic nitrogens is 2. The van der Waals surface area contributed by atoms with E-state index in [9.17, 15) is 5.11 Å². The van der Waals surface area contributed by atoms with Gasteiger partial charge in [-0.25, -0.2) is 0 Å². The monoisotopic (exact) mass is 245 g/mol. The Labute approximate surface area is 99.4 Å². The third kappa shape index (κ3) is 2.47. The van der Waals surface area contributed by atoms with Gasteiger partial charge in [0.1, 0.15) is 5.38 Å². The van der Waals surface area contributed by atoms with Crippen LogP contribution in [0.25, 0.3) is 0 Å². The Balaban J connectivity index is 2.11. The van der Waals surface area contributed by atoms with Crippen molar-refractivity contribution in [2.75, 3.05) is 18.0 Å². The number of halogens is 1. The molecule has 0 aliphatic carbocycles. The van der Waals surface area contributed by atoms with E-state index in [4.69, 9.17) is 16.0 Å². The average Bonchev–Trinajstić information content (AvgIpc) is 2.64. The highest BCUT2D eigenvalue weighted by Gasteiger charge is 2.31. The number of piperidine rings is 1. The Morgan fingerprint density at radius 2 is 2.31 bits per heavy atom. The van der Waals surface area contributed by atoms with Gasteiger partial charge in [0.05, 0.1) is 12.1 Å². The fourth-order valence-electron chi connectivity index (χ4n) is 1.90. The molecule has 0 saturated carbocycles. The van der Waals surface area contributed by atoms with Crippen LogP contribution in [0.2, 0.25) is 0 Å². The standard InChI is InChI=1S/C10H16ClN3O2/c1-7(11)8-12-13-9(16-8)14-5-3-4-10(2,15)6-14/h7,15H,3-6H2,1-2H3. The Morgan fingerprint density at radius 3 is 2.88 bits per heavy atom. The zero-order valence-electron chi connectivity index (χ0n) is 9.48. The maximum Gasteiger partial charge on any atom is 0.318 e. The molecular weight excluding hydrogens is 230 g/mol. The number of anilines is 1. The molecule has 90 valence electrons. The average molecular weight is 246 g/mol. The second kappa shape index (κ2) is 4.22. The molecule has 0 bridgehead atoms. The van der Waals surface area contributed by atoms with Crippen LogP contribution in [-0.2, 0) is 0 Å². The first-order chi connectivity index (χ1) is 7.48. The maximum absolute atomic E-state index is 9.96. The van der Waals surface area contributed by atoms with Gasteiger partial charge in [0.25, 0.3) is 0 Å². The summed E-state index contributed by atoms with van der Waals surface area (Å²) in [4.78, 5) is 1.90. The molecule has 2 rings (SSSR count). The minimum Gasteiger partial charge on any atom is -0.406 e. The molecule has 1 saturated heterocycles. The van der Waals surface area contributed by atoms with Crippen molar-refractivity contribution in [2.45, 2.75) is 37.7 Å². The smallest absolute Gasteiger partial charge is 0.318 e. The summed E-state index contributed by atoms with van der Waals surface area (Å²) in [6.45, 7) is 4.95. The largest absolute Gasteiger partial charge is 0.406 e. The van der Waals surface area contributed by atoms with Crippen molar-refractivity contribution < 1.29 is 9.52 Å². The van der Waals surface area contributed by atoms with E-state index in [1.165, 1.54) is 0 Å². The van der Waals surface area contributed by atoms with E-state index < -0.39 is 5.60 Å². The SMILES string of the molecule is CC(Cl)c1nnc(N2CCCC(C)(O)C2)o1. The number of rotatable bonds is 2. The lowest BCUT2D eigenvalue weighted by Crippen LogP contribution is -2.46. The summed E-state index contributed by atoms with van der Waals surface area (Å²) >= 11 is 5.85. The molecule has 0 amide bonds. The van der Waals surface area contributed by atoms with Crippen molar-refractivity contribution in [3.8, 4) is 0 Å². The van der Waals surface area contributed by atoms with Gasteiger partial charge in [0.15, 0.2) is 0 Å². The predicted octanol–water partition coefficient (Wildman–Crippen LogP) is 1.72. The van der Waals surface area contributed by atoms with Gasteiger partial charge in [0.2, 0.25) is 5.89 Å². The fraction of sp³-hybridized carbons (Fsp3) is 0.800. The van der Waals surface area contributed by atoms with E-state index >= 15 is 0 Å². The van der Waals surface area contributed by atoms with Crippen LogP contribution in [0.4, 0.5) is 6.01 Å². The molecule has 2 unspecified atom stereocenters. The van der Waals surface area contributed by atoms with Crippen LogP contribution in [0.1, 0.15) is 38.0 Å². The van der Waals surface area contributed by atoms with Crippen LogP contribution in [0.5, 0.6) is 0 Å². The van der Waals surface area contributed by atoms with E-state index in [2.05, 4.69) is 10.2 Å². The van der Waals surface area contributed by atoms with Crippen LogP contribution in [0, 0.1) is 0 Å². The number of hydrogen-bond acceptors (Lipinski definition) is 5. The molecule has 16 heavy (non-hydrogen) atoms. The van der Waals surface area contributed by atoms with Gasteiger partial charge in [-0.2, -0.15) is 0 Å². The molecule has 2 heterocycles. The molecule has 0 spiro atoms. The van der Waals surface area contributed by atoms with Crippen LogP contribution in [0.15, 0.2) is 4.42 Å². The lowest BCUT2D eigenvalue weighted by molar-refractivity contribution is 0.0434. The maximum atomic E-state index is 9.96. The first-order valence-electron chi connectivity index (χ1n) is 5.43. The molecule has 0 aromatic carbocycles. The van der Waals surface area contributed by atoms with Gasteiger partial charge in [-0.15, -0.1) is 16.7 Å². The number of hydrogen-bond donors (Lipinski definition) is 1. The Hall–Kier alpha value is -0.810. The summed E-state index contributed by atoms with van der Waals surface area (Å²) in [6, 6.07) is 0.447. The Kier molecular flexibility index (Phi) is 3.08. The van der Waals surface area contributed by atoms with Crippen LogP contribution in [-0.4, -0.2) is 34.0 Å². The third-order valence-electron chi connectivity index (χ3n) is 2.72. The summed E-state index contributed by atoms with van der Waals surface area (Å²) in [6.07, 6.45) is 1.72. The van der Waals surface area contributed by atoms with E-state index in [1.807, 2.05) is 11.8 Å². The lowest BCUT2D eigenvalue weighted by Gasteiger charge is -2.35. The number of nitrogens with zero attached hydrogens (tertiary/aromatic N) is 3. The summed E-state index contributed by atoms with van der Waals surface area (Å²) in [7, 11) is 0. The molecular formula is C10H16ClN3O2. The van der Waals surface area contributed by atoms with Crippen molar-refractivity contribution in [2.24, 2.45) is 0 Å². The molecule has 6 heteroatoms. The minimum atomic E-state index is -0.681. The summed E-state index contributed by atoms with van der Waals surface area (Å²) in [5.41, 5.74) is -0.681. The highest BCUT2D eigenvalue weighted by atomic mass is 35.5. The van der Waals surface area contributed by atoms with Crippen LogP contribution in [0.3, 0.4) is 0 Å². The van der Waals surface area contributed by atoms with Gasteiger partial charge >= 0.3 is 6.01 Å². The molecule has 1 aliphatic rings. The number of aliphatic hydroxyl groups is 1. The van der Waals surface area contributed by atoms with Gasteiger partial charge in [-0.05, 0) is 26.7 Å². The molecule has 1 aromatic rings. The number of β-amino-alcohol motifs (C(OH)–C–C–N with tert-alkyl or cyclic N) is 1. The van der Waals surface area contributed by atoms with Crippen molar-refractivity contribution in [3.63, 3.8) is 0 Å². The topological polar surface area (TPSA) is 62.4 Å². The fourth-order valence-corrected chi connectivity index (χ4v) is 1.99. The van der Waals surface area contributed by atoms with Gasteiger partial charge in [-0.3, -0.25) is 0 Å². The summed E-state index contributed by atoms with van der Waals surface area (Å²) in [5.74, 6) is 0.418. The van der Waals surface area contributed by atoms with Crippen molar-refractivity contribution in [1.82, 2.24) is 10.2 Å². The lowest BCUT2D eigenvalue weighted by atomic mass is 9.96. The predicted molar refractivity (Wildman–Crippen MR) is 60.6 cm³/mol. The number of alkyl halides is 1.